The van der Waals surface area contributed by atoms with Crippen LogP contribution in [-0.2, 0) is 0 Å². The second-order valence-corrected chi connectivity index (χ2v) is 6.77. The van der Waals surface area contributed by atoms with Crippen LogP contribution in [0.5, 0.6) is 0 Å². The second kappa shape index (κ2) is 6.92. The fraction of sp³-hybridized carbons (Fsp3) is 0.217. The van der Waals surface area contributed by atoms with Gasteiger partial charge < -0.3 is 5.73 Å². The predicted octanol–water partition coefficient (Wildman–Crippen LogP) is 5.88. The Morgan fingerprint density at radius 1 is 0.708 bits per heavy atom. The molecule has 0 saturated carbocycles. The number of nitrogens with two attached hydrogens (primary N) is 1. The lowest BCUT2D eigenvalue weighted by Gasteiger charge is -2.24. The van der Waals surface area contributed by atoms with Crippen LogP contribution in [-0.4, -0.2) is 0 Å². The Bertz CT molecular complexity index is 765. The van der Waals surface area contributed by atoms with Crippen LogP contribution in [0.1, 0.15) is 53.5 Å². The number of aryl methyl sites for hydroxylation is 1. The van der Waals surface area contributed by atoms with Gasteiger partial charge in [-0.2, -0.15) is 0 Å². The first-order chi connectivity index (χ1) is 11.6. The largest absolute Gasteiger partial charge is 0.398 e. The van der Waals surface area contributed by atoms with Crippen LogP contribution in [0.15, 0.2) is 72.8 Å². The minimum Gasteiger partial charge on any atom is -0.398 e. The molecule has 1 heteroatoms. The fourth-order valence-corrected chi connectivity index (χ4v) is 3.41. The normalized spacial score (nSPS) is 11.2. The topological polar surface area (TPSA) is 26.0 Å². The molecule has 1 nitrogen and oxygen atoms in total. The molecular formula is C23H25N. The molecule has 0 aliphatic heterocycles. The van der Waals surface area contributed by atoms with E-state index in [2.05, 4.69) is 93.6 Å². The number of benzene rings is 3. The van der Waals surface area contributed by atoms with Crippen molar-refractivity contribution in [1.29, 1.82) is 0 Å². The lowest BCUT2D eigenvalue weighted by atomic mass is 9.81. The third-order valence-electron chi connectivity index (χ3n) is 4.59. The van der Waals surface area contributed by atoms with Gasteiger partial charge in [0.1, 0.15) is 0 Å². The molecule has 3 aromatic rings. The monoisotopic (exact) mass is 315 g/mol. The molecule has 0 atom stereocenters. The first-order valence-electron chi connectivity index (χ1n) is 8.57. The van der Waals surface area contributed by atoms with Gasteiger partial charge in [-0.25, -0.2) is 0 Å². The van der Waals surface area contributed by atoms with Gasteiger partial charge in [-0.3, -0.25) is 0 Å². The molecule has 3 rings (SSSR count). The van der Waals surface area contributed by atoms with Crippen LogP contribution in [0.3, 0.4) is 0 Å². The Labute approximate surface area is 145 Å². The smallest absolute Gasteiger partial charge is 0.0391 e. The van der Waals surface area contributed by atoms with E-state index < -0.39 is 0 Å². The zero-order chi connectivity index (χ0) is 17.1. The SMILES string of the molecule is Cc1cc(C(C)C)c(N)c(C(c2ccccc2)c2ccccc2)c1. The van der Waals surface area contributed by atoms with Gasteiger partial charge in [-0.05, 0) is 35.1 Å². The first kappa shape index (κ1) is 16.3. The molecule has 0 bridgehead atoms. The zero-order valence-electron chi connectivity index (χ0n) is 14.7. The number of rotatable bonds is 4. The number of nitrogen functional groups attached to an aromatic ring is 1. The van der Waals surface area contributed by atoms with Crippen molar-refractivity contribution in [2.45, 2.75) is 32.6 Å². The molecule has 3 aromatic carbocycles. The van der Waals surface area contributed by atoms with Gasteiger partial charge in [0.15, 0.2) is 0 Å². The Morgan fingerprint density at radius 3 is 1.62 bits per heavy atom. The lowest BCUT2D eigenvalue weighted by Crippen LogP contribution is -2.10. The van der Waals surface area contributed by atoms with Crippen LogP contribution in [0.25, 0.3) is 0 Å². The van der Waals surface area contributed by atoms with Gasteiger partial charge in [0.25, 0.3) is 0 Å². The summed E-state index contributed by atoms with van der Waals surface area (Å²) in [6.45, 7) is 6.56. The maximum absolute atomic E-state index is 6.63. The molecule has 0 aromatic heterocycles. The lowest BCUT2D eigenvalue weighted by molar-refractivity contribution is 0.859. The van der Waals surface area contributed by atoms with E-state index in [1.807, 2.05) is 0 Å². The van der Waals surface area contributed by atoms with E-state index in [9.17, 15) is 0 Å². The quantitative estimate of drug-likeness (QED) is 0.472. The van der Waals surface area contributed by atoms with Gasteiger partial charge >= 0.3 is 0 Å². The van der Waals surface area contributed by atoms with Crippen molar-refractivity contribution < 1.29 is 0 Å². The van der Waals surface area contributed by atoms with Crippen molar-refractivity contribution >= 4 is 5.69 Å². The van der Waals surface area contributed by atoms with Crippen molar-refractivity contribution in [3.63, 3.8) is 0 Å². The summed E-state index contributed by atoms with van der Waals surface area (Å²) in [4.78, 5) is 0. The summed E-state index contributed by atoms with van der Waals surface area (Å²) >= 11 is 0. The number of hydrogen-bond acceptors (Lipinski definition) is 1. The Balaban J connectivity index is 2.24. The van der Waals surface area contributed by atoms with E-state index >= 15 is 0 Å². The molecule has 0 aliphatic rings. The summed E-state index contributed by atoms with van der Waals surface area (Å²) < 4.78 is 0. The highest BCUT2D eigenvalue weighted by Crippen LogP contribution is 2.38. The van der Waals surface area contributed by atoms with Gasteiger partial charge in [0, 0.05) is 11.6 Å². The standard InChI is InChI=1S/C23H25N/c1-16(2)20-14-17(3)15-21(23(20)24)22(18-10-6-4-7-11-18)19-12-8-5-9-13-19/h4-16,22H,24H2,1-3H3. The molecule has 0 heterocycles. The maximum atomic E-state index is 6.63. The summed E-state index contributed by atoms with van der Waals surface area (Å²) in [5, 5.41) is 0. The van der Waals surface area contributed by atoms with E-state index in [4.69, 9.17) is 5.73 Å². The third kappa shape index (κ3) is 3.21. The van der Waals surface area contributed by atoms with E-state index in [1.165, 1.54) is 27.8 Å². The molecule has 0 spiro atoms. The van der Waals surface area contributed by atoms with E-state index in [0.29, 0.717) is 5.92 Å². The van der Waals surface area contributed by atoms with Crippen LogP contribution < -0.4 is 5.73 Å². The average molecular weight is 315 g/mol. The van der Waals surface area contributed by atoms with Crippen molar-refractivity contribution in [1.82, 2.24) is 0 Å². The van der Waals surface area contributed by atoms with E-state index in [0.717, 1.165) is 5.69 Å². The van der Waals surface area contributed by atoms with Crippen molar-refractivity contribution in [2.24, 2.45) is 0 Å². The molecule has 0 radical (unpaired) electrons. The summed E-state index contributed by atoms with van der Waals surface area (Å²) in [5.74, 6) is 0.570. The van der Waals surface area contributed by atoms with Crippen LogP contribution in [0, 0.1) is 6.92 Å². The highest BCUT2D eigenvalue weighted by Gasteiger charge is 2.21. The van der Waals surface area contributed by atoms with Gasteiger partial charge in [0.2, 0.25) is 0 Å². The molecule has 2 N–H and O–H groups in total. The minimum atomic E-state index is 0.157. The Kier molecular flexibility index (Phi) is 4.71. The molecule has 24 heavy (non-hydrogen) atoms. The second-order valence-electron chi connectivity index (χ2n) is 6.77. The summed E-state index contributed by atoms with van der Waals surface area (Å²) in [6, 6.07) is 25.7. The third-order valence-corrected chi connectivity index (χ3v) is 4.59. The number of anilines is 1. The predicted molar refractivity (Wildman–Crippen MR) is 104 cm³/mol. The van der Waals surface area contributed by atoms with Crippen molar-refractivity contribution in [2.75, 3.05) is 5.73 Å². The highest BCUT2D eigenvalue weighted by atomic mass is 14.6. The van der Waals surface area contributed by atoms with E-state index in [1.54, 1.807) is 0 Å². The highest BCUT2D eigenvalue weighted by molar-refractivity contribution is 5.62. The molecule has 0 unspecified atom stereocenters. The Hall–Kier alpha value is -2.54. The fourth-order valence-electron chi connectivity index (χ4n) is 3.41. The van der Waals surface area contributed by atoms with Gasteiger partial charge in [0.05, 0.1) is 0 Å². The van der Waals surface area contributed by atoms with Crippen molar-refractivity contribution in [3.05, 3.63) is 101 Å². The maximum Gasteiger partial charge on any atom is 0.0391 e. The summed E-state index contributed by atoms with van der Waals surface area (Å²) in [6.07, 6.45) is 0. The molecule has 0 aliphatic carbocycles. The summed E-state index contributed by atoms with van der Waals surface area (Å²) in [5.41, 5.74) is 13.8. The van der Waals surface area contributed by atoms with Crippen LogP contribution >= 0.6 is 0 Å². The molecule has 0 fully saturated rings. The molecule has 0 saturated heterocycles. The number of hydrogen-bond donors (Lipinski definition) is 1. The minimum absolute atomic E-state index is 0.157. The molecule has 0 amide bonds. The molecular weight excluding hydrogens is 290 g/mol. The van der Waals surface area contributed by atoms with Gasteiger partial charge in [-0.15, -0.1) is 0 Å². The Morgan fingerprint density at radius 2 is 1.17 bits per heavy atom. The zero-order valence-corrected chi connectivity index (χ0v) is 14.7. The first-order valence-corrected chi connectivity index (χ1v) is 8.57. The average Bonchev–Trinajstić information content (AvgIpc) is 2.59. The van der Waals surface area contributed by atoms with Crippen LogP contribution in [0.4, 0.5) is 5.69 Å². The molecule has 122 valence electrons. The summed E-state index contributed by atoms with van der Waals surface area (Å²) in [7, 11) is 0. The van der Waals surface area contributed by atoms with Gasteiger partial charge in [-0.1, -0.05) is 92.2 Å². The van der Waals surface area contributed by atoms with Crippen LogP contribution in [0.2, 0.25) is 0 Å². The van der Waals surface area contributed by atoms with Crippen molar-refractivity contribution in [3.8, 4) is 0 Å². The van der Waals surface area contributed by atoms with E-state index in [-0.39, 0.29) is 5.92 Å².